The zero-order valence-electron chi connectivity index (χ0n) is 18.2. The molecule has 6 nitrogen and oxygen atoms in total. The van der Waals surface area contributed by atoms with Gasteiger partial charge >= 0.3 is 0 Å². The van der Waals surface area contributed by atoms with Crippen LogP contribution in [0.15, 0.2) is 81.0 Å². The fourth-order valence-corrected chi connectivity index (χ4v) is 4.80. The minimum atomic E-state index is 0.0117. The number of hydrogen-bond donors (Lipinski definition) is 0. The fourth-order valence-electron chi connectivity index (χ4n) is 3.68. The normalized spacial score (nSPS) is 13.0. The summed E-state index contributed by atoms with van der Waals surface area (Å²) in [7, 11) is 1.64. The summed E-state index contributed by atoms with van der Waals surface area (Å²) >= 11 is 1.58. The Morgan fingerprint density at radius 1 is 1.03 bits per heavy atom. The van der Waals surface area contributed by atoms with Crippen molar-refractivity contribution >= 4 is 35.5 Å². The highest BCUT2D eigenvalue weighted by Gasteiger charge is 2.26. The van der Waals surface area contributed by atoms with Crippen molar-refractivity contribution in [2.24, 2.45) is 0 Å². The van der Waals surface area contributed by atoms with E-state index in [4.69, 9.17) is 9.26 Å². The molecule has 1 aromatic heterocycles. The summed E-state index contributed by atoms with van der Waals surface area (Å²) in [6.07, 6.45) is 3.69. The highest BCUT2D eigenvalue weighted by molar-refractivity contribution is 7.99. The molecule has 0 saturated carbocycles. The molecular formula is C26H21N3O3S. The van der Waals surface area contributed by atoms with Crippen LogP contribution in [-0.2, 0) is 0 Å². The Morgan fingerprint density at radius 3 is 2.64 bits per heavy atom. The minimum Gasteiger partial charge on any atom is -0.497 e. The molecule has 164 valence electrons. The maximum absolute atomic E-state index is 13.1. The lowest BCUT2D eigenvalue weighted by Crippen LogP contribution is -2.30. The maximum Gasteiger partial charge on any atom is 0.259 e. The molecule has 0 unspecified atom stereocenters. The van der Waals surface area contributed by atoms with Crippen LogP contribution in [-0.4, -0.2) is 29.7 Å². The van der Waals surface area contributed by atoms with Gasteiger partial charge in [0.25, 0.3) is 11.8 Å². The van der Waals surface area contributed by atoms with E-state index in [1.807, 2.05) is 79.7 Å². The standard InChI is InChI=1S/C26H21N3O3S/c1-3-29-21-14-11-18(16-23(21)33-22-7-5-4-6-20(22)26(29)30)25-27-24(32-28-25)15-10-17-8-12-19(31-2)13-9-17/h4-16H,3H2,1-2H3/b15-10+. The van der Waals surface area contributed by atoms with Crippen molar-refractivity contribution in [2.75, 3.05) is 18.6 Å². The minimum absolute atomic E-state index is 0.0117. The molecule has 1 aliphatic heterocycles. The number of carbonyl (C=O) groups excluding carboxylic acids is 1. The van der Waals surface area contributed by atoms with Crippen LogP contribution in [0, 0.1) is 0 Å². The Balaban J connectivity index is 1.44. The topological polar surface area (TPSA) is 68.5 Å². The van der Waals surface area contributed by atoms with E-state index in [1.165, 1.54) is 0 Å². The van der Waals surface area contributed by atoms with Crippen molar-refractivity contribution in [3.8, 4) is 17.1 Å². The van der Waals surface area contributed by atoms with Crippen LogP contribution in [0.2, 0.25) is 0 Å². The zero-order chi connectivity index (χ0) is 22.8. The number of fused-ring (bicyclic) bond motifs is 2. The van der Waals surface area contributed by atoms with Gasteiger partial charge in [-0.05, 0) is 61.0 Å². The van der Waals surface area contributed by atoms with Gasteiger partial charge in [-0.2, -0.15) is 4.98 Å². The SMILES string of the molecule is CCN1C(=O)c2ccccc2Sc2cc(-c3noc(/C=C/c4ccc(OC)cc4)n3)ccc21. The van der Waals surface area contributed by atoms with E-state index in [9.17, 15) is 4.79 Å². The van der Waals surface area contributed by atoms with E-state index in [-0.39, 0.29) is 5.91 Å². The van der Waals surface area contributed by atoms with Crippen molar-refractivity contribution in [2.45, 2.75) is 16.7 Å². The first-order valence-corrected chi connectivity index (χ1v) is 11.4. The van der Waals surface area contributed by atoms with Crippen LogP contribution in [0.3, 0.4) is 0 Å². The number of methoxy groups -OCH3 is 1. The van der Waals surface area contributed by atoms with E-state index in [0.29, 0.717) is 23.8 Å². The summed E-state index contributed by atoms with van der Waals surface area (Å²) in [5, 5.41) is 4.15. The number of hydrogen-bond acceptors (Lipinski definition) is 6. The lowest BCUT2D eigenvalue weighted by molar-refractivity contribution is 0.0985. The number of benzene rings is 3. The van der Waals surface area contributed by atoms with Gasteiger partial charge in [0, 0.05) is 28.0 Å². The van der Waals surface area contributed by atoms with Crippen LogP contribution in [0.5, 0.6) is 5.75 Å². The van der Waals surface area contributed by atoms with Gasteiger partial charge in [-0.3, -0.25) is 4.79 Å². The third kappa shape index (κ3) is 4.15. The largest absolute Gasteiger partial charge is 0.497 e. The summed E-state index contributed by atoms with van der Waals surface area (Å²) < 4.78 is 10.6. The summed E-state index contributed by atoms with van der Waals surface area (Å²) in [5.74, 6) is 1.73. The Morgan fingerprint density at radius 2 is 1.85 bits per heavy atom. The number of nitrogens with zero attached hydrogens (tertiary/aromatic N) is 3. The van der Waals surface area contributed by atoms with E-state index in [1.54, 1.807) is 29.8 Å². The maximum atomic E-state index is 13.1. The molecule has 3 aromatic carbocycles. The molecule has 7 heteroatoms. The highest BCUT2D eigenvalue weighted by Crippen LogP contribution is 2.42. The van der Waals surface area contributed by atoms with Crippen LogP contribution in [0.4, 0.5) is 5.69 Å². The first-order chi connectivity index (χ1) is 16.2. The third-order valence-electron chi connectivity index (χ3n) is 5.38. The molecular weight excluding hydrogens is 434 g/mol. The average molecular weight is 456 g/mol. The molecule has 4 aromatic rings. The van der Waals surface area contributed by atoms with E-state index in [0.717, 1.165) is 32.4 Å². The van der Waals surface area contributed by atoms with Gasteiger partial charge < -0.3 is 14.2 Å². The summed E-state index contributed by atoms with van der Waals surface area (Å²) in [4.78, 5) is 21.3. The van der Waals surface area contributed by atoms with Crippen molar-refractivity contribution in [3.05, 3.63) is 83.7 Å². The Hall–Kier alpha value is -3.84. The van der Waals surface area contributed by atoms with E-state index < -0.39 is 0 Å². The fraction of sp³-hybridized carbons (Fsp3) is 0.115. The lowest BCUT2D eigenvalue weighted by atomic mass is 10.1. The van der Waals surface area contributed by atoms with Crippen LogP contribution in [0.25, 0.3) is 23.5 Å². The molecule has 0 bridgehead atoms. The molecule has 1 aliphatic rings. The van der Waals surface area contributed by atoms with Gasteiger partial charge in [-0.15, -0.1) is 0 Å². The molecule has 5 rings (SSSR count). The predicted molar refractivity (Wildman–Crippen MR) is 130 cm³/mol. The summed E-state index contributed by atoms with van der Waals surface area (Å²) in [5.41, 5.74) is 3.43. The lowest BCUT2D eigenvalue weighted by Gasteiger charge is -2.21. The van der Waals surface area contributed by atoms with Gasteiger partial charge in [0.2, 0.25) is 5.82 Å². The molecule has 0 saturated heterocycles. The molecule has 0 N–H and O–H groups in total. The van der Waals surface area contributed by atoms with Gasteiger partial charge in [0.15, 0.2) is 0 Å². The van der Waals surface area contributed by atoms with Crippen molar-refractivity contribution < 1.29 is 14.1 Å². The molecule has 33 heavy (non-hydrogen) atoms. The van der Waals surface area contributed by atoms with Gasteiger partial charge in [0.1, 0.15) is 5.75 Å². The molecule has 0 spiro atoms. The van der Waals surface area contributed by atoms with Crippen molar-refractivity contribution in [3.63, 3.8) is 0 Å². The van der Waals surface area contributed by atoms with Crippen LogP contribution in [0.1, 0.15) is 28.7 Å². The number of carbonyl (C=O) groups is 1. The quantitative estimate of drug-likeness (QED) is 0.365. The van der Waals surface area contributed by atoms with Crippen molar-refractivity contribution in [1.82, 2.24) is 10.1 Å². The van der Waals surface area contributed by atoms with Crippen molar-refractivity contribution in [1.29, 1.82) is 0 Å². The zero-order valence-corrected chi connectivity index (χ0v) is 19.0. The van der Waals surface area contributed by atoms with Crippen LogP contribution >= 0.6 is 11.8 Å². The predicted octanol–water partition coefficient (Wildman–Crippen LogP) is 6.05. The van der Waals surface area contributed by atoms with E-state index in [2.05, 4.69) is 10.1 Å². The highest BCUT2D eigenvalue weighted by atomic mass is 32.2. The second kappa shape index (κ2) is 8.96. The average Bonchev–Trinajstić information content (AvgIpc) is 3.29. The Bertz CT molecular complexity index is 1350. The smallest absolute Gasteiger partial charge is 0.259 e. The van der Waals surface area contributed by atoms with Gasteiger partial charge in [-0.1, -0.05) is 41.2 Å². The third-order valence-corrected chi connectivity index (χ3v) is 6.51. The van der Waals surface area contributed by atoms with Gasteiger partial charge in [0.05, 0.1) is 18.4 Å². The summed E-state index contributed by atoms with van der Waals surface area (Å²) in [6, 6.07) is 21.3. The monoisotopic (exact) mass is 455 g/mol. The van der Waals surface area contributed by atoms with Crippen LogP contribution < -0.4 is 9.64 Å². The molecule has 0 fully saturated rings. The molecule has 0 atom stereocenters. The molecule has 0 radical (unpaired) electrons. The Labute approximate surface area is 195 Å². The molecule has 0 aliphatic carbocycles. The Kier molecular flexibility index (Phi) is 5.71. The summed E-state index contributed by atoms with van der Waals surface area (Å²) in [6.45, 7) is 2.57. The second-order valence-corrected chi connectivity index (χ2v) is 8.48. The number of aromatic nitrogens is 2. The van der Waals surface area contributed by atoms with Gasteiger partial charge in [-0.25, -0.2) is 0 Å². The second-order valence-electron chi connectivity index (χ2n) is 7.39. The number of ether oxygens (including phenoxy) is 1. The number of rotatable bonds is 5. The number of amides is 1. The first kappa shape index (κ1) is 21.0. The first-order valence-electron chi connectivity index (χ1n) is 10.6. The van der Waals surface area contributed by atoms with E-state index >= 15 is 0 Å². The molecule has 1 amide bonds. The number of anilines is 1. The molecule has 2 heterocycles.